The van der Waals surface area contributed by atoms with E-state index in [0.29, 0.717) is 23.8 Å². The number of rotatable bonds is 4. The average molecular weight is 335 g/mol. The number of hydrogen-bond acceptors (Lipinski definition) is 3. The van der Waals surface area contributed by atoms with Crippen LogP contribution in [-0.2, 0) is 6.54 Å². The summed E-state index contributed by atoms with van der Waals surface area (Å²) in [7, 11) is 0. The van der Waals surface area contributed by atoms with Gasteiger partial charge in [-0.3, -0.25) is 4.68 Å². The third kappa shape index (κ3) is 3.83. The Labute approximate surface area is 139 Å². The number of likely N-dealkylation sites (tertiary alicyclic amines) is 1. The summed E-state index contributed by atoms with van der Waals surface area (Å²) in [6.45, 7) is 1.29. The van der Waals surface area contributed by atoms with Crippen molar-refractivity contribution in [3.63, 3.8) is 0 Å². The van der Waals surface area contributed by atoms with Crippen LogP contribution in [0.1, 0.15) is 18.4 Å². The first-order valence-electron chi connectivity index (χ1n) is 7.61. The molecule has 0 spiro atoms. The number of hydrogen-bond donors (Lipinski definition) is 2. The highest BCUT2D eigenvalue weighted by Gasteiger charge is 2.28. The first-order chi connectivity index (χ1) is 11.2. The van der Waals surface area contributed by atoms with E-state index < -0.39 is 0 Å². The van der Waals surface area contributed by atoms with E-state index >= 15 is 0 Å². The van der Waals surface area contributed by atoms with Crippen LogP contribution in [0.5, 0.6) is 0 Å². The van der Waals surface area contributed by atoms with Gasteiger partial charge in [-0.2, -0.15) is 5.10 Å². The molecule has 3 rings (SSSR count). The molecular formula is C16H19ClN4O2. The van der Waals surface area contributed by atoms with E-state index in [2.05, 4.69) is 10.4 Å². The maximum Gasteiger partial charge on any atom is 0.322 e. The van der Waals surface area contributed by atoms with Crippen LogP contribution < -0.4 is 5.32 Å². The maximum atomic E-state index is 12.2. The average Bonchev–Trinajstić information content (AvgIpc) is 3.18. The quantitative estimate of drug-likeness (QED) is 0.902. The van der Waals surface area contributed by atoms with Gasteiger partial charge >= 0.3 is 6.03 Å². The van der Waals surface area contributed by atoms with Crippen LogP contribution >= 0.6 is 11.6 Å². The molecule has 23 heavy (non-hydrogen) atoms. The summed E-state index contributed by atoms with van der Waals surface area (Å²) in [4.78, 5) is 13.9. The number of anilines is 1. The second kappa shape index (κ2) is 7.02. The monoisotopic (exact) mass is 334 g/mol. The normalized spacial score (nSPS) is 17.5. The topological polar surface area (TPSA) is 70.4 Å². The summed E-state index contributed by atoms with van der Waals surface area (Å²) in [5, 5.41) is 17.1. The third-order valence-electron chi connectivity index (χ3n) is 3.99. The number of urea groups is 1. The minimum Gasteiger partial charge on any atom is -0.394 e. The molecule has 1 unspecified atom stereocenters. The lowest BCUT2D eigenvalue weighted by Crippen LogP contribution is -2.40. The summed E-state index contributed by atoms with van der Waals surface area (Å²) in [6.07, 6.45) is 5.18. The van der Waals surface area contributed by atoms with Gasteiger partial charge in [0, 0.05) is 17.8 Å². The number of amides is 2. The van der Waals surface area contributed by atoms with E-state index in [-0.39, 0.29) is 18.7 Å². The van der Waals surface area contributed by atoms with Crippen LogP contribution in [0, 0.1) is 0 Å². The number of aliphatic hydroxyl groups is 1. The fourth-order valence-corrected chi connectivity index (χ4v) is 2.91. The number of aromatic nitrogens is 2. The van der Waals surface area contributed by atoms with Crippen molar-refractivity contribution in [1.82, 2.24) is 14.7 Å². The van der Waals surface area contributed by atoms with Gasteiger partial charge in [0.05, 0.1) is 31.1 Å². The number of halogens is 1. The zero-order valence-electron chi connectivity index (χ0n) is 12.7. The molecule has 2 aromatic rings. The largest absolute Gasteiger partial charge is 0.394 e. The number of nitrogens with zero attached hydrogens (tertiary/aromatic N) is 3. The molecule has 122 valence electrons. The second-order valence-corrected chi connectivity index (χ2v) is 6.09. The molecular weight excluding hydrogens is 316 g/mol. The van der Waals surface area contributed by atoms with Crippen molar-refractivity contribution in [2.45, 2.75) is 25.4 Å². The molecule has 0 aliphatic carbocycles. The first-order valence-corrected chi connectivity index (χ1v) is 7.99. The van der Waals surface area contributed by atoms with Crippen LogP contribution in [-0.4, -0.2) is 45.0 Å². The smallest absolute Gasteiger partial charge is 0.322 e. The van der Waals surface area contributed by atoms with Crippen LogP contribution in [0.4, 0.5) is 10.5 Å². The van der Waals surface area contributed by atoms with E-state index in [4.69, 9.17) is 11.6 Å². The number of carbonyl (C=O) groups is 1. The molecule has 6 nitrogen and oxygen atoms in total. The SMILES string of the molecule is O=C(Nc1cnn(Cc2ccc(Cl)cc2)c1)N1CCCC1CO. The lowest BCUT2D eigenvalue weighted by atomic mass is 10.2. The Morgan fingerprint density at radius 1 is 1.39 bits per heavy atom. The zero-order valence-corrected chi connectivity index (χ0v) is 13.4. The molecule has 1 saturated heterocycles. The molecule has 2 heterocycles. The molecule has 1 aromatic heterocycles. The molecule has 1 aliphatic rings. The van der Waals surface area contributed by atoms with Gasteiger partial charge in [-0.05, 0) is 30.5 Å². The highest BCUT2D eigenvalue weighted by molar-refractivity contribution is 6.30. The molecule has 1 aromatic carbocycles. The van der Waals surface area contributed by atoms with Crippen molar-refractivity contribution in [1.29, 1.82) is 0 Å². The molecule has 0 saturated carbocycles. The minimum absolute atomic E-state index is 0.00322. The van der Waals surface area contributed by atoms with Crippen molar-refractivity contribution in [3.8, 4) is 0 Å². The highest BCUT2D eigenvalue weighted by atomic mass is 35.5. The van der Waals surface area contributed by atoms with Gasteiger partial charge in [0.2, 0.25) is 0 Å². The molecule has 0 radical (unpaired) electrons. The fraction of sp³-hybridized carbons (Fsp3) is 0.375. The van der Waals surface area contributed by atoms with Crippen LogP contribution in [0.3, 0.4) is 0 Å². The summed E-state index contributed by atoms with van der Waals surface area (Å²) >= 11 is 5.87. The van der Waals surface area contributed by atoms with Gasteiger partial charge in [0.1, 0.15) is 0 Å². The summed E-state index contributed by atoms with van der Waals surface area (Å²) in [6, 6.07) is 7.29. The third-order valence-corrected chi connectivity index (χ3v) is 4.24. The molecule has 1 atom stereocenters. The summed E-state index contributed by atoms with van der Waals surface area (Å²) in [5.41, 5.74) is 1.72. The Hall–Kier alpha value is -2.05. The zero-order chi connectivity index (χ0) is 16.2. The second-order valence-electron chi connectivity index (χ2n) is 5.66. The van der Waals surface area contributed by atoms with Crippen molar-refractivity contribution >= 4 is 23.3 Å². The van der Waals surface area contributed by atoms with Crippen molar-refractivity contribution in [2.24, 2.45) is 0 Å². The van der Waals surface area contributed by atoms with Crippen molar-refractivity contribution < 1.29 is 9.90 Å². The summed E-state index contributed by atoms with van der Waals surface area (Å²) in [5.74, 6) is 0. The van der Waals surface area contributed by atoms with Crippen LogP contribution in [0.15, 0.2) is 36.7 Å². The van der Waals surface area contributed by atoms with Crippen LogP contribution in [0.2, 0.25) is 5.02 Å². The number of benzene rings is 1. The lowest BCUT2D eigenvalue weighted by molar-refractivity contribution is 0.166. The van der Waals surface area contributed by atoms with E-state index in [1.54, 1.807) is 22.0 Å². The molecule has 7 heteroatoms. The Balaban J connectivity index is 1.60. The number of carbonyl (C=O) groups excluding carboxylic acids is 1. The molecule has 2 amide bonds. The van der Waals surface area contributed by atoms with Gasteiger partial charge in [0.25, 0.3) is 0 Å². The van der Waals surface area contributed by atoms with Gasteiger partial charge in [-0.15, -0.1) is 0 Å². The Morgan fingerprint density at radius 2 is 2.17 bits per heavy atom. The van der Waals surface area contributed by atoms with E-state index in [9.17, 15) is 9.90 Å². The predicted molar refractivity (Wildman–Crippen MR) is 88.6 cm³/mol. The van der Waals surface area contributed by atoms with Gasteiger partial charge in [-0.1, -0.05) is 23.7 Å². The predicted octanol–water partition coefficient (Wildman–Crippen LogP) is 2.57. The number of aliphatic hydroxyl groups excluding tert-OH is 1. The minimum atomic E-state index is -0.187. The molecule has 0 bridgehead atoms. The Morgan fingerprint density at radius 3 is 2.91 bits per heavy atom. The standard InChI is InChI=1S/C16H19ClN4O2/c17-13-5-3-12(4-6-13)9-20-10-14(8-18-20)19-16(23)21-7-1-2-15(21)11-22/h3-6,8,10,15,22H,1-2,7,9,11H2,(H,19,23). The summed E-state index contributed by atoms with van der Waals surface area (Å²) < 4.78 is 1.76. The van der Waals surface area contributed by atoms with Crippen molar-refractivity contribution in [3.05, 3.63) is 47.2 Å². The highest BCUT2D eigenvalue weighted by Crippen LogP contribution is 2.18. The fourth-order valence-electron chi connectivity index (χ4n) is 2.78. The van der Waals surface area contributed by atoms with E-state index in [1.807, 2.05) is 24.3 Å². The lowest BCUT2D eigenvalue weighted by Gasteiger charge is -2.22. The Bertz CT molecular complexity index is 671. The Kier molecular flexibility index (Phi) is 4.83. The molecule has 2 N–H and O–H groups in total. The first kappa shape index (κ1) is 15.8. The van der Waals surface area contributed by atoms with Gasteiger partial charge in [0.15, 0.2) is 0 Å². The van der Waals surface area contributed by atoms with Gasteiger partial charge in [-0.25, -0.2) is 4.79 Å². The van der Waals surface area contributed by atoms with Gasteiger partial charge < -0.3 is 15.3 Å². The van der Waals surface area contributed by atoms with Crippen LogP contribution in [0.25, 0.3) is 0 Å². The maximum absolute atomic E-state index is 12.2. The van der Waals surface area contributed by atoms with E-state index in [0.717, 1.165) is 18.4 Å². The van der Waals surface area contributed by atoms with E-state index in [1.165, 1.54) is 0 Å². The number of nitrogens with one attached hydrogen (secondary N) is 1. The molecule has 1 fully saturated rings. The molecule has 1 aliphatic heterocycles. The van der Waals surface area contributed by atoms with Crippen molar-refractivity contribution in [2.75, 3.05) is 18.5 Å².